The maximum absolute atomic E-state index is 13.3. The molecule has 3 aliphatic rings. The summed E-state index contributed by atoms with van der Waals surface area (Å²) in [6.45, 7) is 7.96. The molecule has 3 aliphatic carbocycles. The first-order valence-corrected chi connectivity index (χ1v) is 11.6. The SMILES string of the molecule is Cc1ccccc1C1=CC2(C(=O)OC(C)(C)C)CCC1(NC(=O)OCc1ccccc1)CC2. The molecule has 0 aliphatic heterocycles. The molecule has 0 radical (unpaired) electrons. The first kappa shape index (κ1) is 23.1. The third-order valence-corrected chi connectivity index (χ3v) is 6.73. The predicted molar refractivity (Wildman–Crippen MR) is 128 cm³/mol. The van der Waals surface area contributed by atoms with Crippen LogP contribution in [-0.2, 0) is 20.9 Å². The largest absolute Gasteiger partial charge is 0.459 e. The Morgan fingerprint density at radius 2 is 1.58 bits per heavy atom. The highest BCUT2D eigenvalue weighted by atomic mass is 16.6. The molecule has 5 nitrogen and oxygen atoms in total. The number of amides is 1. The molecule has 0 unspecified atom stereocenters. The number of aryl methyl sites for hydroxylation is 1. The van der Waals surface area contributed by atoms with Crippen LogP contribution in [0.2, 0.25) is 0 Å². The van der Waals surface area contributed by atoms with E-state index in [-0.39, 0.29) is 12.6 Å². The Kier molecular flexibility index (Phi) is 6.08. The van der Waals surface area contributed by atoms with Gasteiger partial charge < -0.3 is 14.8 Å². The Hall–Kier alpha value is -3.08. The number of ether oxygens (including phenoxy) is 2. The number of hydrogen-bond donors (Lipinski definition) is 1. The van der Waals surface area contributed by atoms with Crippen molar-refractivity contribution < 1.29 is 19.1 Å². The van der Waals surface area contributed by atoms with E-state index in [1.165, 1.54) is 0 Å². The van der Waals surface area contributed by atoms with E-state index in [4.69, 9.17) is 9.47 Å². The third kappa shape index (κ3) is 4.82. The quantitative estimate of drug-likeness (QED) is 0.575. The smallest absolute Gasteiger partial charge is 0.408 e. The van der Waals surface area contributed by atoms with E-state index in [9.17, 15) is 9.59 Å². The molecule has 1 amide bonds. The molecule has 2 aromatic rings. The van der Waals surface area contributed by atoms with E-state index < -0.39 is 22.6 Å². The minimum absolute atomic E-state index is 0.180. The molecular formula is C28H33NO4. The molecule has 1 N–H and O–H groups in total. The third-order valence-electron chi connectivity index (χ3n) is 6.73. The lowest BCUT2D eigenvalue weighted by Crippen LogP contribution is -2.58. The maximum atomic E-state index is 13.3. The summed E-state index contributed by atoms with van der Waals surface area (Å²) in [7, 11) is 0. The maximum Gasteiger partial charge on any atom is 0.408 e. The second-order valence-corrected chi connectivity index (χ2v) is 10.3. The fourth-order valence-corrected chi connectivity index (χ4v) is 4.95. The lowest BCUT2D eigenvalue weighted by Gasteiger charge is -2.51. The fraction of sp³-hybridized carbons (Fsp3) is 0.429. The van der Waals surface area contributed by atoms with Crippen LogP contribution in [0.25, 0.3) is 5.57 Å². The van der Waals surface area contributed by atoms with Crippen LogP contribution in [0.3, 0.4) is 0 Å². The second kappa shape index (κ2) is 8.69. The minimum atomic E-state index is -0.664. The van der Waals surface area contributed by atoms with E-state index in [1.807, 2.05) is 63.2 Å². The number of alkyl carbamates (subject to hydrolysis) is 1. The molecule has 5 heteroatoms. The van der Waals surface area contributed by atoms with Crippen LogP contribution >= 0.6 is 0 Å². The zero-order valence-corrected chi connectivity index (χ0v) is 19.9. The van der Waals surface area contributed by atoms with Gasteiger partial charge in [0.25, 0.3) is 0 Å². The van der Waals surface area contributed by atoms with Crippen molar-refractivity contribution in [2.24, 2.45) is 5.41 Å². The monoisotopic (exact) mass is 447 g/mol. The molecule has 0 saturated heterocycles. The van der Waals surface area contributed by atoms with Gasteiger partial charge in [0.1, 0.15) is 12.2 Å². The van der Waals surface area contributed by atoms with Crippen molar-refractivity contribution in [2.45, 2.75) is 71.1 Å². The van der Waals surface area contributed by atoms with Gasteiger partial charge in [-0.2, -0.15) is 0 Å². The zero-order valence-electron chi connectivity index (χ0n) is 19.9. The van der Waals surface area contributed by atoms with E-state index in [0.29, 0.717) is 25.7 Å². The molecule has 1 saturated carbocycles. The lowest BCUT2D eigenvalue weighted by atomic mass is 9.57. The second-order valence-electron chi connectivity index (χ2n) is 10.3. The van der Waals surface area contributed by atoms with Crippen molar-refractivity contribution >= 4 is 17.6 Å². The van der Waals surface area contributed by atoms with Gasteiger partial charge in [-0.1, -0.05) is 60.7 Å². The molecule has 33 heavy (non-hydrogen) atoms. The Morgan fingerprint density at radius 3 is 2.21 bits per heavy atom. The Balaban J connectivity index is 1.63. The molecule has 5 rings (SSSR count). The first-order chi connectivity index (χ1) is 15.6. The van der Waals surface area contributed by atoms with E-state index in [1.54, 1.807) is 0 Å². The lowest BCUT2D eigenvalue weighted by molar-refractivity contribution is -0.167. The van der Waals surface area contributed by atoms with Gasteiger partial charge in [-0.25, -0.2) is 4.79 Å². The van der Waals surface area contributed by atoms with Crippen LogP contribution < -0.4 is 5.32 Å². The summed E-state index contributed by atoms with van der Waals surface area (Å²) in [5.74, 6) is -0.180. The average Bonchev–Trinajstić information content (AvgIpc) is 2.78. The van der Waals surface area contributed by atoms with Crippen molar-refractivity contribution in [1.82, 2.24) is 5.32 Å². The van der Waals surface area contributed by atoms with E-state index >= 15 is 0 Å². The molecule has 0 atom stereocenters. The number of carbonyl (C=O) groups is 2. The van der Waals surface area contributed by atoms with Gasteiger partial charge in [-0.3, -0.25) is 4.79 Å². The molecule has 0 heterocycles. The van der Waals surface area contributed by atoms with Gasteiger partial charge in [0, 0.05) is 0 Å². The van der Waals surface area contributed by atoms with Crippen molar-refractivity contribution in [3.63, 3.8) is 0 Å². The number of rotatable bonds is 5. The van der Waals surface area contributed by atoms with Crippen molar-refractivity contribution in [3.05, 3.63) is 77.4 Å². The number of hydrogen-bond acceptors (Lipinski definition) is 4. The van der Waals surface area contributed by atoms with Crippen LogP contribution in [0.1, 0.15) is 63.1 Å². The Bertz CT molecular complexity index is 1060. The summed E-state index contributed by atoms with van der Waals surface area (Å²) in [6, 6.07) is 17.7. The van der Waals surface area contributed by atoms with Gasteiger partial charge >= 0.3 is 12.1 Å². The summed E-state index contributed by atoms with van der Waals surface area (Å²) < 4.78 is 11.4. The zero-order chi connectivity index (χ0) is 23.7. The number of benzene rings is 2. The summed E-state index contributed by atoms with van der Waals surface area (Å²) in [5.41, 5.74) is 2.30. The van der Waals surface area contributed by atoms with Gasteiger partial charge in [-0.15, -0.1) is 0 Å². The van der Waals surface area contributed by atoms with Crippen LogP contribution in [-0.4, -0.2) is 23.2 Å². The first-order valence-electron chi connectivity index (χ1n) is 11.6. The number of carbonyl (C=O) groups excluding carboxylic acids is 2. The molecule has 0 aromatic heterocycles. The van der Waals surface area contributed by atoms with Crippen LogP contribution in [0.15, 0.2) is 60.7 Å². The van der Waals surface area contributed by atoms with E-state index in [0.717, 1.165) is 22.3 Å². The summed E-state index contributed by atoms with van der Waals surface area (Å²) in [6.07, 6.45) is 4.21. The Labute approximate surface area is 196 Å². The molecule has 174 valence electrons. The normalized spacial score (nSPS) is 24.1. The molecule has 0 spiro atoms. The van der Waals surface area contributed by atoms with Crippen LogP contribution in [0.4, 0.5) is 4.79 Å². The number of esters is 1. The molecule has 2 aromatic carbocycles. The highest BCUT2D eigenvalue weighted by molar-refractivity contribution is 5.89. The molecular weight excluding hydrogens is 414 g/mol. The molecule has 1 fully saturated rings. The number of fused-ring (bicyclic) bond motifs is 2. The fourth-order valence-electron chi connectivity index (χ4n) is 4.95. The van der Waals surface area contributed by atoms with E-state index in [2.05, 4.69) is 30.4 Å². The topological polar surface area (TPSA) is 64.6 Å². The number of nitrogens with one attached hydrogen (secondary N) is 1. The van der Waals surface area contributed by atoms with Crippen molar-refractivity contribution in [1.29, 1.82) is 0 Å². The predicted octanol–water partition coefficient (Wildman–Crippen LogP) is 5.96. The van der Waals surface area contributed by atoms with Crippen molar-refractivity contribution in [2.75, 3.05) is 0 Å². The highest BCUT2D eigenvalue weighted by Gasteiger charge is 2.55. The van der Waals surface area contributed by atoms with Gasteiger partial charge in [-0.05, 0) is 75.6 Å². The van der Waals surface area contributed by atoms with Crippen LogP contribution in [0.5, 0.6) is 0 Å². The van der Waals surface area contributed by atoms with Gasteiger partial charge in [0.2, 0.25) is 0 Å². The van der Waals surface area contributed by atoms with Crippen LogP contribution in [0, 0.1) is 12.3 Å². The van der Waals surface area contributed by atoms with Gasteiger partial charge in [0.15, 0.2) is 0 Å². The summed E-state index contributed by atoms with van der Waals surface area (Å²) in [5, 5.41) is 3.19. The summed E-state index contributed by atoms with van der Waals surface area (Å²) >= 11 is 0. The Morgan fingerprint density at radius 1 is 0.939 bits per heavy atom. The molecule has 2 bridgehead atoms. The minimum Gasteiger partial charge on any atom is -0.459 e. The average molecular weight is 448 g/mol. The van der Waals surface area contributed by atoms with Crippen molar-refractivity contribution in [3.8, 4) is 0 Å². The standard InChI is InChI=1S/C28H33NO4/c1-20-10-8-9-13-22(20)23-18-27(24(30)33-26(2,3)4)14-16-28(23,17-15-27)29-25(31)32-19-21-11-6-5-7-12-21/h5-13,18H,14-17,19H2,1-4H3,(H,29,31). The highest BCUT2D eigenvalue weighted by Crippen LogP contribution is 2.55. The summed E-state index contributed by atoms with van der Waals surface area (Å²) in [4.78, 5) is 26.1. The van der Waals surface area contributed by atoms with Gasteiger partial charge in [0.05, 0.1) is 11.0 Å².